The molecule has 0 aliphatic carbocycles. The first-order valence-corrected chi connectivity index (χ1v) is 15.2. The van der Waals surface area contributed by atoms with E-state index in [-0.39, 0.29) is 6.42 Å². The zero-order chi connectivity index (χ0) is 24.4. The standard InChI is InChI=1S/C28H50O4S/c1-4-7-9-11-13-15-17-21-25-22-19-24-27(32-28(20-6-3)33(29,30)31)26(25)23-18-16-14-12-10-8-5-2/h19,22,24,28H,4-18,20-21,23H2,1-3H3,(H,29,30,31). The Morgan fingerprint density at radius 3 is 1.76 bits per heavy atom. The van der Waals surface area contributed by atoms with Crippen molar-refractivity contribution in [1.29, 1.82) is 0 Å². The summed E-state index contributed by atoms with van der Waals surface area (Å²) < 4.78 is 39.3. The van der Waals surface area contributed by atoms with Gasteiger partial charge in [-0.1, -0.05) is 116 Å². The largest absolute Gasteiger partial charge is 0.472 e. The van der Waals surface area contributed by atoms with Gasteiger partial charge in [-0.15, -0.1) is 0 Å². The molecular formula is C28H50O4S. The monoisotopic (exact) mass is 482 g/mol. The predicted molar refractivity (Wildman–Crippen MR) is 141 cm³/mol. The lowest BCUT2D eigenvalue weighted by Gasteiger charge is -2.20. The molecule has 1 aromatic carbocycles. The van der Waals surface area contributed by atoms with Crippen LogP contribution in [0.2, 0.25) is 0 Å². The van der Waals surface area contributed by atoms with E-state index < -0.39 is 15.6 Å². The van der Waals surface area contributed by atoms with Crippen molar-refractivity contribution in [3.8, 4) is 5.75 Å². The molecule has 1 aromatic rings. The minimum atomic E-state index is -4.25. The Balaban J connectivity index is 2.80. The van der Waals surface area contributed by atoms with Crippen molar-refractivity contribution in [3.05, 3.63) is 29.3 Å². The highest BCUT2D eigenvalue weighted by molar-refractivity contribution is 7.86. The molecule has 0 spiro atoms. The average molecular weight is 483 g/mol. The lowest BCUT2D eigenvalue weighted by atomic mass is 9.95. The summed E-state index contributed by atoms with van der Waals surface area (Å²) in [5.41, 5.74) is 1.23. The van der Waals surface area contributed by atoms with E-state index in [4.69, 9.17) is 4.74 Å². The Morgan fingerprint density at radius 2 is 1.24 bits per heavy atom. The fraction of sp³-hybridized carbons (Fsp3) is 0.786. The molecule has 4 nitrogen and oxygen atoms in total. The number of hydrogen-bond acceptors (Lipinski definition) is 3. The van der Waals surface area contributed by atoms with E-state index in [1.54, 1.807) is 0 Å². The fourth-order valence-electron chi connectivity index (χ4n) is 4.42. The van der Waals surface area contributed by atoms with Gasteiger partial charge in [0.1, 0.15) is 5.75 Å². The summed E-state index contributed by atoms with van der Waals surface area (Å²) in [6, 6.07) is 6.01. The molecule has 0 heterocycles. The number of rotatable bonds is 21. The molecule has 192 valence electrons. The SMILES string of the molecule is CCCCCCCCCc1cccc(OC(CCC)S(=O)(=O)O)c1CCCCCCCCC. The van der Waals surface area contributed by atoms with Crippen molar-refractivity contribution >= 4 is 10.1 Å². The smallest absolute Gasteiger partial charge is 0.303 e. The molecule has 0 aliphatic rings. The minimum absolute atomic E-state index is 0.289. The van der Waals surface area contributed by atoms with Gasteiger partial charge >= 0.3 is 10.1 Å². The molecule has 5 heteroatoms. The molecule has 0 radical (unpaired) electrons. The van der Waals surface area contributed by atoms with Crippen LogP contribution in [-0.2, 0) is 23.0 Å². The van der Waals surface area contributed by atoms with E-state index >= 15 is 0 Å². The summed E-state index contributed by atoms with van der Waals surface area (Å²) in [6.45, 7) is 6.38. The fourth-order valence-corrected chi connectivity index (χ4v) is 5.18. The maximum Gasteiger partial charge on any atom is 0.303 e. The number of benzene rings is 1. The van der Waals surface area contributed by atoms with E-state index in [1.807, 2.05) is 19.1 Å². The van der Waals surface area contributed by atoms with Crippen LogP contribution in [0.15, 0.2) is 18.2 Å². The van der Waals surface area contributed by atoms with Gasteiger partial charge in [0.05, 0.1) is 0 Å². The summed E-state index contributed by atoms with van der Waals surface area (Å²) in [5.74, 6) is 0.637. The number of unbranched alkanes of at least 4 members (excludes halogenated alkanes) is 12. The molecule has 1 N–H and O–H groups in total. The Morgan fingerprint density at radius 1 is 0.727 bits per heavy atom. The Kier molecular flexibility index (Phi) is 16.6. The average Bonchev–Trinajstić information content (AvgIpc) is 2.78. The summed E-state index contributed by atoms with van der Waals surface area (Å²) in [5, 5.41) is 0. The van der Waals surface area contributed by atoms with Crippen molar-refractivity contribution in [1.82, 2.24) is 0 Å². The molecule has 0 aromatic heterocycles. The van der Waals surface area contributed by atoms with Crippen LogP contribution >= 0.6 is 0 Å². The summed E-state index contributed by atoms with van der Waals surface area (Å²) >= 11 is 0. The molecule has 1 unspecified atom stereocenters. The second-order valence-corrected chi connectivity index (χ2v) is 11.0. The van der Waals surface area contributed by atoms with Gasteiger partial charge in [0.15, 0.2) is 0 Å². The number of ether oxygens (including phenoxy) is 1. The molecule has 33 heavy (non-hydrogen) atoms. The molecule has 0 aliphatic heterocycles. The molecule has 1 rings (SSSR count). The molecule has 0 saturated carbocycles. The first-order chi connectivity index (χ1) is 15.9. The molecule has 0 saturated heterocycles. The van der Waals surface area contributed by atoms with Crippen molar-refractivity contribution in [2.24, 2.45) is 0 Å². The van der Waals surface area contributed by atoms with Crippen LogP contribution in [0.1, 0.15) is 135 Å². The van der Waals surface area contributed by atoms with Crippen molar-refractivity contribution < 1.29 is 17.7 Å². The molecular weight excluding hydrogens is 432 g/mol. The van der Waals surface area contributed by atoms with E-state index in [0.717, 1.165) is 31.2 Å². The molecule has 0 amide bonds. The van der Waals surface area contributed by atoms with Crippen LogP contribution in [-0.4, -0.2) is 18.4 Å². The summed E-state index contributed by atoms with van der Waals surface area (Å²) in [7, 11) is -4.25. The Hall–Kier alpha value is -1.07. The van der Waals surface area contributed by atoms with Crippen molar-refractivity contribution in [2.75, 3.05) is 0 Å². The highest BCUT2D eigenvalue weighted by Crippen LogP contribution is 2.29. The number of aryl methyl sites for hydroxylation is 1. The maximum absolute atomic E-state index is 11.9. The van der Waals surface area contributed by atoms with Gasteiger partial charge in [-0.3, -0.25) is 4.55 Å². The van der Waals surface area contributed by atoms with Gasteiger partial charge in [0.2, 0.25) is 5.44 Å². The van der Waals surface area contributed by atoms with E-state index in [2.05, 4.69) is 19.9 Å². The van der Waals surface area contributed by atoms with Gasteiger partial charge in [0.25, 0.3) is 0 Å². The van der Waals surface area contributed by atoms with Gasteiger partial charge in [0, 0.05) is 6.42 Å². The third-order valence-corrected chi connectivity index (χ3v) is 7.42. The van der Waals surface area contributed by atoms with Gasteiger partial charge in [-0.2, -0.15) is 8.42 Å². The molecule has 0 bridgehead atoms. The van der Waals surface area contributed by atoms with Crippen LogP contribution in [0.25, 0.3) is 0 Å². The lowest BCUT2D eigenvalue weighted by molar-refractivity contribution is 0.243. The van der Waals surface area contributed by atoms with E-state index in [0.29, 0.717) is 12.2 Å². The van der Waals surface area contributed by atoms with Gasteiger partial charge < -0.3 is 4.74 Å². The van der Waals surface area contributed by atoms with Crippen molar-refractivity contribution in [3.63, 3.8) is 0 Å². The van der Waals surface area contributed by atoms with Crippen LogP contribution in [0.3, 0.4) is 0 Å². The second-order valence-electron chi connectivity index (χ2n) is 9.49. The van der Waals surface area contributed by atoms with Gasteiger partial charge in [-0.25, -0.2) is 0 Å². The highest BCUT2D eigenvalue weighted by atomic mass is 32.2. The Bertz CT molecular complexity index is 715. The second kappa shape index (κ2) is 18.3. The zero-order valence-electron chi connectivity index (χ0n) is 21.6. The topological polar surface area (TPSA) is 63.6 Å². The molecule has 1 atom stereocenters. The third kappa shape index (κ3) is 13.4. The van der Waals surface area contributed by atoms with Crippen LogP contribution < -0.4 is 4.74 Å². The van der Waals surface area contributed by atoms with E-state index in [1.165, 1.54) is 82.6 Å². The first kappa shape index (κ1) is 30.0. The zero-order valence-corrected chi connectivity index (χ0v) is 22.4. The van der Waals surface area contributed by atoms with Crippen LogP contribution in [0.4, 0.5) is 0 Å². The van der Waals surface area contributed by atoms with Crippen molar-refractivity contribution in [2.45, 2.75) is 142 Å². The molecule has 0 fully saturated rings. The minimum Gasteiger partial charge on any atom is -0.472 e. The predicted octanol–water partition coefficient (Wildman–Crippen LogP) is 8.67. The van der Waals surface area contributed by atoms with Crippen LogP contribution in [0.5, 0.6) is 5.75 Å². The van der Waals surface area contributed by atoms with Crippen LogP contribution in [0, 0.1) is 0 Å². The van der Waals surface area contributed by atoms with E-state index in [9.17, 15) is 13.0 Å². The lowest BCUT2D eigenvalue weighted by Crippen LogP contribution is -2.27. The number of hydrogen-bond donors (Lipinski definition) is 1. The maximum atomic E-state index is 11.9. The normalized spacial score (nSPS) is 12.7. The quantitative estimate of drug-likeness (QED) is 0.141. The first-order valence-electron chi connectivity index (χ1n) is 13.7. The highest BCUT2D eigenvalue weighted by Gasteiger charge is 2.25. The third-order valence-electron chi connectivity index (χ3n) is 6.43. The summed E-state index contributed by atoms with van der Waals surface area (Å²) in [4.78, 5) is 0. The summed E-state index contributed by atoms with van der Waals surface area (Å²) in [6.07, 6.45) is 20.4. The van der Waals surface area contributed by atoms with Gasteiger partial charge in [-0.05, 0) is 42.9 Å². The Labute approximate surface area is 204 Å².